The fourth-order valence-electron chi connectivity index (χ4n) is 3.97. The molecule has 2 aromatic carbocycles. The lowest BCUT2D eigenvalue weighted by Crippen LogP contribution is -2.29. The van der Waals surface area contributed by atoms with Gasteiger partial charge in [0.15, 0.2) is 11.5 Å². The summed E-state index contributed by atoms with van der Waals surface area (Å²) in [5, 5.41) is 4.45. The summed E-state index contributed by atoms with van der Waals surface area (Å²) in [4.78, 5) is 0. The highest BCUT2D eigenvalue weighted by molar-refractivity contribution is 6.31. The van der Waals surface area contributed by atoms with Gasteiger partial charge in [-0.25, -0.2) is 0 Å². The SMILES string of the molecule is CCOc1cc(CNC2CCCCCCC2)c(Cl)cc1OCc1cccc(C)c1. The van der Waals surface area contributed by atoms with E-state index in [1.165, 1.54) is 50.5 Å². The monoisotopic (exact) mass is 415 g/mol. The molecule has 3 rings (SSSR count). The van der Waals surface area contributed by atoms with Crippen molar-refractivity contribution in [3.05, 3.63) is 58.1 Å². The van der Waals surface area contributed by atoms with E-state index in [1.54, 1.807) is 0 Å². The third kappa shape index (κ3) is 6.94. The van der Waals surface area contributed by atoms with E-state index >= 15 is 0 Å². The van der Waals surface area contributed by atoms with Crippen LogP contribution in [0.1, 0.15) is 68.6 Å². The molecule has 2 aromatic rings. The Balaban J connectivity index is 1.66. The first-order valence-corrected chi connectivity index (χ1v) is 11.4. The van der Waals surface area contributed by atoms with Crippen molar-refractivity contribution in [1.29, 1.82) is 0 Å². The lowest BCUT2D eigenvalue weighted by atomic mass is 9.96. The quantitative estimate of drug-likeness (QED) is 0.512. The Kier molecular flexibility index (Phi) is 8.69. The van der Waals surface area contributed by atoms with E-state index < -0.39 is 0 Å². The van der Waals surface area contributed by atoms with Crippen LogP contribution in [0.15, 0.2) is 36.4 Å². The number of hydrogen-bond donors (Lipinski definition) is 1. The van der Waals surface area contributed by atoms with Crippen LogP contribution >= 0.6 is 11.6 Å². The molecule has 1 aliphatic rings. The average Bonchev–Trinajstić information content (AvgIpc) is 2.68. The van der Waals surface area contributed by atoms with Gasteiger partial charge in [-0.2, -0.15) is 0 Å². The fraction of sp³-hybridized carbons (Fsp3) is 0.520. The zero-order valence-electron chi connectivity index (χ0n) is 17.8. The Morgan fingerprint density at radius 3 is 2.41 bits per heavy atom. The van der Waals surface area contributed by atoms with Gasteiger partial charge in [0.1, 0.15) is 6.61 Å². The number of ether oxygens (including phenoxy) is 2. The molecule has 0 radical (unpaired) electrons. The van der Waals surface area contributed by atoms with E-state index in [2.05, 4.69) is 36.5 Å². The minimum Gasteiger partial charge on any atom is -0.490 e. The molecule has 0 amide bonds. The van der Waals surface area contributed by atoms with Gasteiger partial charge in [-0.15, -0.1) is 0 Å². The fourth-order valence-corrected chi connectivity index (χ4v) is 4.19. The molecule has 1 saturated carbocycles. The molecule has 158 valence electrons. The number of benzene rings is 2. The molecule has 3 nitrogen and oxygen atoms in total. The van der Waals surface area contributed by atoms with Crippen LogP contribution in [0.2, 0.25) is 5.02 Å². The van der Waals surface area contributed by atoms with Crippen LogP contribution < -0.4 is 14.8 Å². The zero-order chi connectivity index (χ0) is 20.5. The summed E-state index contributed by atoms with van der Waals surface area (Å²) in [5.74, 6) is 1.46. The van der Waals surface area contributed by atoms with Crippen LogP contribution in [0.4, 0.5) is 0 Å². The standard InChI is InChI=1S/C25H34ClNO2/c1-3-28-24-15-21(17-27-22-12-7-5-4-6-8-13-22)23(26)16-25(24)29-18-20-11-9-10-19(2)14-20/h9-11,14-16,22,27H,3-8,12-13,17-18H2,1-2H3. The van der Waals surface area contributed by atoms with E-state index in [0.29, 0.717) is 25.0 Å². The van der Waals surface area contributed by atoms with Crippen molar-refractivity contribution < 1.29 is 9.47 Å². The topological polar surface area (TPSA) is 30.5 Å². The molecular weight excluding hydrogens is 382 g/mol. The van der Waals surface area contributed by atoms with Crippen molar-refractivity contribution in [2.75, 3.05) is 6.61 Å². The number of nitrogens with one attached hydrogen (secondary N) is 1. The van der Waals surface area contributed by atoms with Gasteiger partial charge in [-0.3, -0.25) is 0 Å². The lowest BCUT2D eigenvalue weighted by molar-refractivity contribution is 0.269. The summed E-state index contributed by atoms with van der Waals surface area (Å²) in [6, 6.07) is 12.9. The Bertz CT molecular complexity index is 769. The highest BCUT2D eigenvalue weighted by atomic mass is 35.5. The molecule has 4 heteroatoms. The third-order valence-corrected chi connectivity index (χ3v) is 5.93. The predicted molar refractivity (Wildman–Crippen MR) is 121 cm³/mol. The molecule has 0 bridgehead atoms. The van der Waals surface area contributed by atoms with Gasteiger partial charge >= 0.3 is 0 Å². The molecule has 0 heterocycles. The largest absolute Gasteiger partial charge is 0.490 e. The Morgan fingerprint density at radius 2 is 1.69 bits per heavy atom. The molecule has 0 spiro atoms. The normalized spacial score (nSPS) is 15.6. The zero-order valence-corrected chi connectivity index (χ0v) is 18.6. The van der Waals surface area contributed by atoms with E-state index in [4.69, 9.17) is 21.1 Å². The maximum Gasteiger partial charge on any atom is 0.163 e. The molecule has 0 atom stereocenters. The lowest BCUT2D eigenvalue weighted by Gasteiger charge is -2.22. The van der Waals surface area contributed by atoms with Crippen molar-refractivity contribution in [3.8, 4) is 11.5 Å². The highest BCUT2D eigenvalue weighted by Gasteiger charge is 2.15. The number of halogens is 1. The number of hydrogen-bond acceptors (Lipinski definition) is 3. The Hall–Kier alpha value is -1.71. The Morgan fingerprint density at radius 1 is 0.966 bits per heavy atom. The van der Waals surface area contributed by atoms with Crippen LogP contribution in [0.3, 0.4) is 0 Å². The van der Waals surface area contributed by atoms with Gasteiger partial charge < -0.3 is 14.8 Å². The van der Waals surface area contributed by atoms with E-state index in [0.717, 1.165) is 28.4 Å². The van der Waals surface area contributed by atoms with Crippen molar-refractivity contribution in [3.63, 3.8) is 0 Å². The van der Waals surface area contributed by atoms with Crippen LogP contribution in [0.25, 0.3) is 0 Å². The third-order valence-electron chi connectivity index (χ3n) is 5.58. The molecule has 0 unspecified atom stereocenters. The van der Waals surface area contributed by atoms with Gasteiger partial charge in [0.05, 0.1) is 6.61 Å². The Labute approximate surface area is 180 Å². The molecule has 1 N–H and O–H groups in total. The van der Waals surface area contributed by atoms with E-state index in [1.807, 2.05) is 19.1 Å². The molecule has 0 saturated heterocycles. The summed E-state index contributed by atoms with van der Waals surface area (Å²) >= 11 is 6.61. The number of rotatable bonds is 8. The van der Waals surface area contributed by atoms with Crippen molar-refractivity contribution in [1.82, 2.24) is 5.32 Å². The summed E-state index contributed by atoms with van der Waals surface area (Å²) < 4.78 is 11.9. The van der Waals surface area contributed by atoms with Crippen LogP contribution in [-0.4, -0.2) is 12.6 Å². The second kappa shape index (κ2) is 11.5. The smallest absolute Gasteiger partial charge is 0.163 e. The van der Waals surface area contributed by atoms with Gasteiger partial charge in [-0.05, 0) is 43.9 Å². The molecule has 29 heavy (non-hydrogen) atoms. The maximum absolute atomic E-state index is 6.61. The first kappa shape index (κ1) is 22.0. The molecule has 1 fully saturated rings. The second-order valence-electron chi connectivity index (χ2n) is 8.02. The summed E-state index contributed by atoms with van der Waals surface area (Å²) in [7, 11) is 0. The van der Waals surface area contributed by atoms with Gasteiger partial charge in [-0.1, -0.05) is 73.5 Å². The average molecular weight is 416 g/mol. The summed E-state index contributed by atoms with van der Waals surface area (Å²) in [5.41, 5.74) is 3.43. The van der Waals surface area contributed by atoms with Crippen LogP contribution in [0, 0.1) is 6.92 Å². The second-order valence-corrected chi connectivity index (χ2v) is 8.43. The first-order chi connectivity index (χ1) is 14.2. The predicted octanol–water partition coefficient (Wildman–Crippen LogP) is 6.83. The van der Waals surface area contributed by atoms with E-state index in [-0.39, 0.29) is 0 Å². The van der Waals surface area contributed by atoms with Crippen molar-refractivity contribution >= 4 is 11.6 Å². The van der Waals surface area contributed by atoms with Crippen LogP contribution in [-0.2, 0) is 13.2 Å². The van der Waals surface area contributed by atoms with Gasteiger partial charge in [0, 0.05) is 23.7 Å². The molecule has 0 aliphatic heterocycles. The summed E-state index contributed by atoms with van der Waals surface area (Å²) in [6.07, 6.45) is 9.27. The minimum atomic E-state index is 0.498. The van der Waals surface area contributed by atoms with Gasteiger partial charge in [0.25, 0.3) is 0 Å². The first-order valence-electron chi connectivity index (χ1n) is 11.0. The van der Waals surface area contributed by atoms with Crippen molar-refractivity contribution in [2.45, 2.75) is 78.0 Å². The van der Waals surface area contributed by atoms with Crippen molar-refractivity contribution in [2.24, 2.45) is 0 Å². The molecular formula is C25H34ClNO2. The number of aryl methyl sites for hydroxylation is 1. The summed E-state index contributed by atoms with van der Waals surface area (Å²) in [6.45, 7) is 5.94. The highest BCUT2D eigenvalue weighted by Crippen LogP contribution is 2.34. The molecule has 1 aliphatic carbocycles. The minimum absolute atomic E-state index is 0.498. The van der Waals surface area contributed by atoms with E-state index in [9.17, 15) is 0 Å². The molecule has 0 aromatic heterocycles. The maximum atomic E-state index is 6.61. The van der Waals surface area contributed by atoms with Gasteiger partial charge in [0.2, 0.25) is 0 Å². The van der Waals surface area contributed by atoms with Crippen LogP contribution in [0.5, 0.6) is 11.5 Å².